The maximum atomic E-state index is 11.9. The fraction of sp³-hybridized carbons (Fsp3) is 0.500. The van der Waals surface area contributed by atoms with Crippen LogP contribution in [0.15, 0.2) is 28.7 Å². The Morgan fingerprint density at radius 3 is 2.85 bits per heavy atom. The van der Waals surface area contributed by atoms with Gasteiger partial charge in [-0.3, -0.25) is 4.79 Å². The highest BCUT2D eigenvalue weighted by Gasteiger charge is 2.22. The molecule has 0 radical (unpaired) electrons. The lowest BCUT2D eigenvalue weighted by Crippen LogP contribution is -2.31. The van der Waals surface area contributed by atoms with E-state index in [2.05, 4.69) is 15.9 Å². The highest BCUT2D eigenvalue weighted by molar-refractivity contribution is 9.10. The molecule has 0 aliphatic carbocycles. The van der Waals surface area contributed by atoms with Gasteiger partial charge in [-0.25, -0.2) is 0 Å². The molecule has 20 heavy (non-hydrogen) atoms. The zero-order valence-corrected chi connectivity index (χ0v) is 13.7. The van der Waals surface area contributed by atoms with Crippen molar-refractivity contribution in [1.29, 1.82) is 0 Å². The molecule has 0 bridgehead atoms. The summed E-state index contributed by atoms with van der Waals surface area (Å²) in [5.41, 5.74) is 5.79. The molecule has 0 aromatic heterocycles. The number of nitrogens with two attached hydrogens (primary N) is 1. The maximum absolute atomic E-state index is 11.9. The van der Waals surface area contributed by atoms with Gasteiger partial charge in [0.25, 0.3) is 0 Å². The first-order valence-electron chi connectivity index (χ1n) is 6.57. The summed E-state index contributed by atoms with van der Waals surface area (Å²) in [6.07, 6.45) is 2.17. The Labute approximate surface area is 134 Å². The second kappa shape index (κ2) is 8.49. The van der Waals surface area contributed by atoms with E-state index in [1.165, 1.54) is 0 Å². The van der Waals surface area contributed by atoms with Crippen LogP contribution in [0.5, 0.6) is 5.75 Å². The molecule has 0 spiro atoms. The van der Waals surface area contributed by atoms with Gasteiger partial charge < -0.3 is 15.4 Å². The summed E-state index contributed by atoms with van der Waals surface area (Å²) in [4.78, 5) is 13.7. The Morgan fingerprint density at radius 2 is 2.20 bits per heavy atom. The molecule has 6 heteroatoms. The minimum absolute atomic E-state index is 0. The SMILES string of the molecule is Cl.N[C@@H]1CCN(C(=O)CCCOc2ccccc2Br)C1. The van der Waals surface area contributed by atoms with Gasteiger partial charge in [-0.2, -0.15) is 0 Å². The Kier molecular flexibility index (Phi) is 7.34. The molecule has 1 aliphatic heterocycles. The van der Waals surface area contributed by atoms with Crippen molar-refractivity contribution in [2.75, 3.05) is 19.7 Å². The minimum atomic E-state index is 0. The smallest absolute Gasteiger partial charge is 0.222 e. The van der Waals surface area contributed by atoms with Crippen molar-refractivity contribution in [1.82, 2.24) is 4.90 Å². The molecule has 1 atom stereocenters. The number of ether oxygens (including phenoxy) is 1. The summed E-state index contributed by atoms with van der Waals surface area (Å²) < 4.78 is 6.57. The van der Waals surface area contributed by atoms with Gasteiger partial charge in [-0.15, -0.1) is 12.4 Å². The standard InChI is InChI=1S/C14H19BrN2O2.ClH/c15-12-4-1-2-5-13(12)19-9-3-6-14(18)17-8-7-11(16)10-17;/h1-2,4-5,11H,3,6-10,16H2;1H/t11-;/m1./s1. The molecule has 4 nitrogen and oxygen atoms in total. The molecule has 2 rings (SSSR count). The highest BCUT2D eigenvalue weighted by Crippen LogP contribution is 2.23. The molecule has 0 unspecified atom stereocenters. The number of benzene rings is 1. The van der Waals surface area contributed by atoms with Crippen LogP contribution in [0.2, 0.25) is 0 Å². The molecule has 1 fully saturated rings. The predicted octanol–water partition coefficient (Wildman–Crippen LogP) is 2.59. The van der Waals surface area contributed by atoms with E-state index in [9.17, 15) is 4.79 Å². The van der Waals surface area contributed by atoms with Crippen LogP contribution >= 0.6 is 28.3 Å². The fourth-order valence-electron chi connectivity index (χ4n) is 2.14. The molecular formula is C14H20BrClN2O2. The first-order valence-corrected chi connectivity index (χ1v) is 7.37. The van der Waals surface area contributed by atoms with Crippen molar-refractivity contribution >= 4 is 34.2 Å². The van der Waals surface area contributed by atoms with Crippen LogP contribution in [0.3, 0.4) is 0 Å². The molecule has 1 heterocycles. The number of para-hydroxylation sites is 1. The van der Waals surface area contributed by atoms with Crippen LogP contribution in [0, 0.1) is 0 Å². The van der Waals surface area contributed by atoms with Gasteiger partial charge in [0.1, 0.15) is 5.75 Å². The van der Waals surface area contributed by atoms with Crippen LogP contribution in [0.1, 0.15) is 19.3 Å². The quantitative estimate of drug-likeness (QED) is 0.818. The summed E-state index contributed by atoms with van der Waals surface area (Å²) in [5, 5.41) is 0. The molecular weight excluding hydrogens is 344 g/mol. The van der Waals surface area contributed by atoms with Crippen molar-refractivity contribution in [2.45, 2.75) is 25.3 Å². The zero-order valence-electron chi connectivity index (χ0n) is 11.3. The van der Waals surface area contributed by atoms with Gasteiger partial charge in [-0.1, -0.05) is 12.1 Å². The Bertz CT molecular complexity index is 445. The van der Waals surface area contributed by atoms with E-state index in [1.54, 1.807) is 0 Å². The van der Waals surface area contributed by atoms with Gasteiger partial charge in [0.05, 0.1) is 11.1 Å². The lowest BCUT2D eigenvalue weighted by atomic mass is 10.3. The highest BCUT2D eigenvalue weighted by atomic mass is 79.9. The fourth-order valence-corrected chi connectivity index (χ4v) is 2.54. The lowest BCUT2D eigenvalue weighted by molar-refractivity contribution is -0.130. The van der Waals surface area contributed by atoms with Gasteiger partial charge in [-0.05, 0) is 40.9 Å². The molecule has 112 valence electrons. The predicted molar refractivity (Wildman–Crippen MR) is 85.3 cm³/mol. The van der Waals surface area contributed by atoms with E-state index in [4.69, 9.17) is 10.5 Å². The molecule has 1 saturated heterocycles. The summed E-state index contributed by atoms with van der Waals surface area (Å²) in [6, 6.07) is 7.87. The minimum Gasteiger partial charge on any atom is -0.492 e. The summed E-state index contributed by atoms with van der Waals surface area (Å²) in [5.74, 6) is 1.00. The Hall–Kier alpha value is -0.780. The van der Waals surface area contributed by atoms with Crippen LogP contribution in [0.25, 0.3) is 0 Å². The van der Waals surface area contributed by atoms with Gasteiger partial charge in [0.15, 0.2) is 0 Å². The summed E-state index contributed by atoms with van der Waals surface area (Å²) in [6.45, 7) is 2.04. The Balaban J connectivity index is 0.00000200. The number of nitrogens with zero attached hydrogens (tertiary/aromatic N) is 1. The van der Waals surface area contributed by atoms with Crippen LogP contribution in [0.4, 0.5) is 0 Å². The second-order valence-corrected chi connectivity index (χ2v) is 5.63. The largest absolute Gasteiger partial charge is 0.492 e. The zero-order chi connectivity index (χ0) is 13.7. The summed E-state index contributed by atoms with van der Waals surface area (Å²) in [7, 11) is 0. The maximum Gasteiger partial charge on any atom is 0.222 e. The van der Waals surface area contributed by atoms with Crippen molar-refractivity contribution in [3.05, 3.63) is 28.7 Å². The van der Waals surface area contributed by atoms with Crippen LogP contribution in [-0.4, -0.2) is 36.5 Å². The van der Waals surface area contributed by atoms with E-state index in [-0.39, 0.29) is 24.4 Å². The van der Waals surface area contributed by atoms with Crippen molar-refractivity contribution in [3.8, 4) is 5.75 Å². The van der Waals surface area contributed by atoms with E-state index >= 15 is 0 Å². The molecule has 2 N–H and O–H groups in total. The van der Waals surface area contributed by atoms with E-state index in [1.807, 2.05) is 29.2 Å². The first kappa shape index (κ1) is 17.3. The van der Waals surface area contributed by atoms with Crippen LogP contribution < -0.4 is 10.5 Å². The van der Waals surface area contributed by atoms with Gasteiger partial charge in [0, 0.05) is 25.6 Å². The lowest BCUT2D eigenvalue weighted by Gasteiger charge is -2.15. The number of carbonyl (C=O) groups is 1. The molecule has 1 aromatic rings. The first-order chi connectivity index (χ1) is 9.16. The van der Waals surface area contributed by atoms with Gasteiger partial charge >= 0.3 is 0 Å². The monoisotopic (exact) mass is 362 g/mol. The molecule has 1 amide bonds. The molecule has 1 aliphatic rings. The van der Waals surface area contributed by atoms with Crippen LogP contribution in [-0.2, 0) is 4.79 Å². The van der Waals surface area contributed by atoms with E-state index in [0.717, 1.165) is 29.6 Å². The number of carbonyl (C=O) groups excluding carboxylic acids is 1. The summed E-state index contributed by atoms with van der Waals surface area (Å²) >= 11 is 3.42. The number of hydrogen-bond acceptors (Lipinski definition) is 3. The molecule has 1 aromatic carbocycles. The number of likely N-dealkylation sites (tertiary alicyclic amines) is 1. The number of halogens is 2. The van der Waals surface area contributed by atoms with Gasteiger partial charge in [0.2, 0.25) is 5.91 Å². The number of amides is 1. The topological polar surface area (TPSA) is 55.6 Å². The average Bonchev–Trinajstić information content (AvgIpc) is 2.83. The second-order valence-electron chi connectivity index (χ2n) is 4.77. The van der Waals surface area contributed by atoms with E-state index in [0.29, 0.717) is 19.6 Å². The average molecular weight is 364 g/mol. The van der Waals surface area contributed by atoms with Crippen molar-refractivity contribution < 1.29 is 9.53 Å². The Morgan fingerprint density at radius 1 is 1.45 bits per heavy atom. The normalized spacial score (nSPS) is 17.7. The van der Waals surface area contributed by atoms with Crippen molar-refractivity contribution in [2.24, 2.45) is 5.73 Å². The third-order valence-electron chi connectivity index (χ3n) is 3.21. The third kappa shape index (κ3) is 4.96. The van der Waals surface area contributed by atoms with Crippen molar-refractivity contribution in [3.63, 3.8) is 0 Å². The third-order valence-corrected chi connectivity index (χ3v) is 3.86. The number of rotatable bonds is 5. The van der Waals surface area contributed by atoms with E-state index < -0.39 is 0 Å². The number of hydrogen-bond donors (Lipinski definition) is 1. The molecule has 0 saturated carbocycles.